The minimum atomic E-state index is -0.568. The van der Waals surface area contributed by atoms with Gasteiger partial charge in [-0.05, 0) is 19.1 Å². The maximum absolute atomic E-state index is 11.2. The van der Waals surface area contributed by atoms with E-state index >= 15 is 0 Å². The number of pyridine rings is 1. The summed E-state index contributed by atoms with van der Waals surface area (Å²) < 4.78 is 10.2. The zero-order valence-corrected chi connectivity index (χ0v) is 7.19. The molecule has 0 spiro atoms. The first-order valence-corrected chi connectivity index (χ1v) is 4.10. The van der Waals surface area contributed by atoms with E-state index in [-0.39, 0.29) is 0 Å². The van der Waals surface area contributed by atoms with Crippen molar-refractivity contribution in [2.45, 2.75) is 13.2 Å². The molecule has 0 aromatic carbocycles. The Morgan fingerprint density at radius 2 is 2.54 bits per heavy atom. The number of aromatic nitrogens is 1. The third-order valence-corrected chi connectivity index (χ3v) is 1.82. The molecule has 1 aromatic rings. The summed E-state index contributed by atoms with van der Waals surface area (Å²) in [7, 11) is 0. The van der Waals surface area contributed by atoms with Crippen LogP contribution in [0.3, 0.4) is 0 Å². The molecule has 0 unspecified atom stereocenters. The number of ether oxygens (including phenoxy) is 2. The number of carbonyl (C=O) groups is 1. The van der Waals surface area contributed by atoms with Gasteiger partial charge in [-0.1, -0.05) is 0 Å². The highest BCUT2D eigenvalue weighted by Crippen LogP contribution is 2.29. The Labute approximate surface area is 75.5 Å². The van der Waals surface area contributed by atoms with Crippen molar-refractivity contribution in [3.63, 3.8) is 0 Å². The van der Waals surface area contributed by atoms with Crippen molar-refractivity contribution in [3.8, 4) is 0 Å². The first-order valence-electron chi connectivity index (χ1n) is 4.10. The third-order valence-electron chi connectivity index (χ3n) is 1.82. The second-order valence-electron chi connectivity index (χ2n) is 2.63. The quantitative estimate of drug-likeness (QED) is 0.642. The lowest BCUT2D eigenvalue weighted by Crippen LogP contribution is -2.03. The number of cyclic esters (lactones) is 1. The number of nitrogens with zero attached hydrogens (tertiary/aromatic N) is 1. The van der Waals surface area contributed by atoms with Gasteiger partial charge in [0.25, 0.3) is 0 Å². The van der Waals surface area contributed by atoms with Crippen LogP contribution in [0.2, 0.25) is 0 Å². The van der Waals surface area contributed by atoms with E-state index in [2.05, 4.69) is 4.98 Å². The van der Waals surface area contributed by atoms with E-state index in [4.69, 9.17) is 9.47 Å². The second kappa shape index (κ2) is 3.14. The van der Waals surface area contributed by atoms with Gasteiger partial charge in [0.05, 0.1) is 5.56 Å². The van der Waals surface area contributed by atoms with Gasteiger partial charge in [0.1, 0.15) is 0 Å². The zero-order valence-electron chi connectivity index (χ0n) is 7.19. The molecule has 0 radical (unpaired) electrons. The van der Waals surface area contributed by atoms with Gasteiger partial charge in [-0.3, -0.25) is 0 Å². The fraction of sp³-hybridized carbons (Fsp3) is 0.333. The van der Waals surface area contributed by atoms with Crippen LogP contribution >= 0.6 is 0 Å². The fourth-order valence-electron chi connectivity index (χ4n) is 1.27. The van der Waals surface area contributed by atoms with Crippen LogP contribution in [0.25, 0.3) is 0 Å². The largest absolute Gasteiger partial charge is 0.426 e. The van der Waals surface area contributed by atoms with Crippen LogP contribution in [0.1, 0.15) is 29.3 Å². The molecule has 2 rings (SSSR count). The molecule has 0 saturated heterocycles. The van der Waals surface area contributed by atoms with Gasteiger partial charge in [-0.2, -0.15) is 0 Å². The summed E-state index contributed by atoms with van der Waals surface area (Å²) in [4.78, 5) is 15.1. The molecule has 4 heteroatoms. The van der Waals surface area contributed by atoms with Crippen molar-refractivity contribution in [1.82, 2.24) is 4.98 Å². The van der Waals surface area contributed by atoms with Crippen molar-refractivity contribution >= 4 is 5.97 Å². The summed E-state index contributed by atoms with van der Waals surface area (Å²) >= 11 is 0. The van der Waals surface area contributed by atoms with Gasteiger partial charge < -0.3 is 9.47 Å². The molecular weight excluding hydrogens is 170 g/mol. The van der Waals surface area contributed by atoms with Crippen molar-refractivity contribution in [3.05, 3.63) is 29.6 Å². The molecule has 2 heterocycles. The topological polar surface area (TPSA) is 48.4 Å². The lowest BCUT2D eigenvalue weighted by molar-refractivity contribution is -0.0993. The van der Waals surface area contributed by atoms with Crippen LogP contribution in [-0.2, 0) is 9.47 Å². The Bertz CT molecular complexity index is 337. The molecule has 68 valence electrons. The van der Waals surface area contributed by atoms with Gasteiger partial charge in [0, 0.05) is 12.8 Å². The van der Waals surface area contributed by atoms with Gasteiger partial charge in [-0.15, -0.1) is 0 Å². The monoisotopic (exact) mass is 179 g/mol. The summed E-state index contributed by atoms with van der Waals surface area (Å²) in [6.07, 6.45) is 0.996. The van der Waals surface area contributed by atoms with Gasteiger partial charge in [0.2, 0.25) is 6.29 Å². The van der Waals surface area contributed by atoms with Crippen molar-refractivity contribution in [2.75, 3.05) is 6.61 Å². The molecule has 13 heavy (non-hydrogen) atoms. The number of hydrogen-bond acceptors (Lipinski definition) is 4. The van der Waals surface area contributed by atoms with Crippen molar-refractivity contribution in [2.24, 2.45) is 0 Å². The maximum Gasteiger partial charge on any atom is 0.360 e. The van der Waals surface area contributed by atoms with Crippen LogP contribution in [0, 0.1) is 0 Å². The molecular formula is C9H9NO3. The van der Waals surface area contributed by atoms with Gasteiger partial charge in [-0.25, -0.2) is 9.78 Å². The Hall–Kier alpha value is -1.42. The summed E-state index contributed by atoms with van der Waals surface area (Å²) in [5.41, 5.74) is 1.08. The molecule has 4 nitrogen and oxygen atoms in total. The SMILES string of the molecule is CCO[C@H]1OC(=O)c2ncccc21. The first-order chi connectivity index (χ1) is 6.33. The highest BCUT2D eigenvalue weighted by atomic mass is 16.7. The molecule has 1 aromatic heterocycles. The fourth-order valence-corrected chi connectivity index (χ4v) is 1.27. The minimum Gasteiger partial charge on any atom is -0.426 e. The van der Waals surface area contributed by atoms with E-state index < -0.39 is 12.3 Å². The molecule has 1 atom stereocenters. The molecule has 0 N–H and O–H groups in total. The number of hydrogen-bond donors (Lipinski definition) is 0. The Kier molecular flexibility index (Phi) is 1.98. The Morgan fingerprint density at radius 1 is 1.69 bits per heavy atom. The second-order valence-corrected chi connectivity index (χ2v) is 2.63. The Morgan fingerprint density at radius 3 is 3.31 bits per heavy atom. The van der Waals surface area contributed by atoms with E-state index in [9.17, 15) is 4.79 Å². The smallest absolute Gasteiger partial charge is 0.360 e. The summed E-state index contributed by atoms with van der Waals surface area (Å²) in [6.45, 7) is 2.36. The summed E-state index contributed by atoms with van der Waals surface area (Å²) in [6, 6.07) is 3.54. The van der Waals surface area contributed by atoms with E-state index in [0.29, 0.717) is 17.9 Å². The van der Waals surface area contributed by atoms with E-state index in [1.807, 2.05) is 6.92 Å². The van der Waals surface area contributed by atoms with Crippen LogP contribution in [0.4, 0.5) is 0 Å². The average Bonchev–Trinajstić information content (AvgIpc) is 2.46. The van der Waals surface area contributed by atoms with Gasteiger partial charge in [0.15, 0.2) is 5.69 Å². The molecule has 0 bridgehead atoms. The van der Waals surface area contributed by atoms with E-state index in [1.165, 1.54) is 0 Å². The predicted molar refractivity (Wildman–Crippen MR) is 44.0 cm³/mol. The zero-order chi connectivity index (χ0) is 9.26. The Balaban J connectivity index is 2.36. The van der Waals surface area contributed by atoms with Crippen molar-refractivity contribution in [1.29, 1.82) is 0 Å². The predicted octanol–water partition coefficient (Wildman–Crippen LogP) is 1.29. The number of fused-ring (bicyclic) bond motifs is 1. The number of esters is 1. The molecule has 0 saturated carbocycles. The van der Waals surface area contributed by atoms with Crippen LogP contribution < -0.4 is 0 Å². The number of carbonyl (C=O) groups excluding carboxylic acids is 1. The van der Waals surface area contributed by atoms with E-state index in [0.717, 1.165) is 0 Å². The first kappa shape index (κ1) is 8.19. The summed E-state index contributed by atoms with van der Waals surface area (Å²) in [5, 5.41) is 0. The molecule has 0 fully saturated rings. The highest BCUT2D eigenvalue weighted by Gasteiger charge is 2.32. The average molecular weight is 179 g/mol. The van der Waals surface area contributed by atoms with E-state index in [1.54, 1.807) is 18.3 Å². The van der Waals surface area contributed by atoms with Crippen molar-refractivity contribution < 1.29 is 14.3 Å². The summed E-state index contributed by atoms with van der Waals surface area (Å²) in [5.74, 6) is -0.408. The van der Waals surface area contributed by atoms with Crippen LogP contribution in [0.15, 0.2) is 18.3 Å². The maximum atomic E-state index is 11.2. The van der Waals surface area contributed by atoms with Crippen LogP contribution in [-0.4, -0.2) is 17.6 Å². The standard InChI is InChI=1S/C9H9NO3/c1-2-12-9-6-4-3-5-10-7(6)8(11)13-9/h3-5,9H,2H2,1H3/t9-/m0/s1. The minimum absolute atomic E-state index is 0.362. The lowest BCUT2D eigenvalue weighted by atomic mass is 10.2. The normalized spacial score (nSPS) is 19.8. The highest BCUT2D eigenvalue weighted by molar-refractivity contribution is 5.91. The van der Waals surface area contributed by atoms with Crippen LogP contribution in [0.5, 0.6) is 0 Å². The third kappa shape index (κ3) is 1.29. The van der Waals surface area contributed by atoms with Gasteiger partial charge >= 0.3 is 5.97 Å². The molecule has 0 aliphatic carbocycles. The number of rotatable bonds is 2. The molecule has 0 amide bonds. The molecule has 1 aliphatic rings. The molecule has 1 aliphatic heterocycles. The lowest BCUT2D eigenvalue weighted by Gasteiger charge is -2.08.